The molecule has 0 radical (unpaired) electrons. The lowest BCUT2D eigenvalue weighted by molar-refractivity contribution is -0.155. The van der Waals surface area contributed by atoms with Gasteiger partial charge in [-0.1, -0.05) is 19.0 Å². The van der Waals surface area contributed by atoms with Crippen molar-refractivity contribution in [2.24, 2.45) is 5.92 Å². The molecule has 70 valence electrons. The van der Waals surface area contributed by atoms with E-state index in [-0.39, 0.29) is 21.4 Å². The first-order chi connectivity index (χ1) is 5.74. The Balaban J connectivity index is 2.19. The standard InChI is InChI=1S/C8H16O3Si/c1-12-4-2-3-6-5-7(9)11-8(6)10/h6-7,9H,2-5,12H2,1H3/t6?,7-/m0/s1. The third-order valence-corrected chi connectivity index (χ3v) is 3.43. The van der Waals surface area contributed by atoms with E-state index in [1.807, 2.05) is 0 Å². The van der Waals surface area contributed by atoms with Crippen LogP contribution in [0.2, 0.25) is 12.6 Å². The first-order valence-electron chi connectivity index (χ1n) is 4.62. The summed E-state index contributed by atoms with van der Waals surface area (Å²) < 4.78 is 4.63. The number of ether oxygens (including phenoxy) is 1. The number of cyclic esters (lactones) is 1. The Morgan fingerprint density at radius 2 is 2.50 bits per heavy atom. The zero-order valence-electron chi connectivity index (χ0n) is 7.45. The van der Waals surface area contributed by atoms with Crippen molar-refractivity contribution in [2.45, 2.75) is 38.1 Å². The molecule has 1 saturated heterocycles. The Labute approximate surface area is 74.9 Å². The number of hydrogen-bond donors (Lipinski definition) is 1. The van der Waals surface area contributed by atoms with Gasteiger partial charge in [0.05, 0.1) is 5.92 Å². The maximum atomic E-state index is 11.0. The molecule has 0 aromatic heterocycles. The molecule has 0 amide bonds. The smallest absolute Gasteiger partial charge is 0.311 e. The minimum absolute atomic E-state index is 0.0273. The van der Waals surface area contributed by atoms with Crippen LogP contribution < -0.4 is 0 Å². The lowest BCUT2D eigenvalue weighted by atomic mass is 10.0. The molecule has 4 heteroatoms. The van der Waals surface area contributed by atoms with Gasteiger partial charge in [-0.05, 0) is 6.42 Å². The van der Waals surface area contributed by atoms with Crippen molar-refractivity contribution in [1.82, 2.24) is 0 Å². The Morgan fingerprint density at radius 3 is 3.00 bits per heavy atom. The summed E-state index contributed by atoms with van der Waals surface area (Å²) in [5, 5.41) is 8.99. The van der Waals surface area contributed by atoms with Gasteiger partial charge >= 0.3 is 5.97 Å². The predicted octanol–water partition coefficient (Wildman–Crippen LogP) is 0.283. The third-order valence-electron chi connectivity index (χ3n) is 2.23. The van der Waals surface area contributed by atoms with Gasteiger partial charge in [-0.25, -0.2) is 0 Å². The van der Waals surface area contributed by atoms with E-state index in [2.05, 4.69) is 11.3 Å². The second kappa shape index (κ2) is 4.62. The second-order valence-electron chi connectivity index (χ2n) is 3.32. The molecule has 1 aliphatic rings. The topological polar surface area (TPSA) is 46.5 Å². The number of aliphatic hydroxyl groups excluding tert-OH is 1. The summed E-state index contributed by atoms with van der Waals surface area (Å²) in [5.41, 5.74) is 0. The van der Waals surface area contributed by atoms with Crippen molar-refractivity contribution in [1.29, 1.82) is 0 Å². The molecule has 1 rings (SSSR count). The van der Waals surface area contributed by atoms with Crippen molar-refractivity contribution >= 4 is 15.5 Å². The molecule has 0 bridgehead atoms. The molecule has 0 saturated carbocycles. The van der Waals surface area contributed by atoms with Crippen molar-refractivity contribution in [2.75, 3.05) is 0 Å². The van der Waals surface area contributed by atoms with Crippen molar-refractivity contribution in [3.63, 3.8) is 0 Å². The fourth-order valence-corrected chi connectivity index (χ4v) is 2.28. The number of carbonyl (C=O) groups excluding carboxylic acids is 1. The van der Waals surface area contributed by atoms with Crippen molar-refractivity contribution < 1.29 is 14.6 Å². The van der Waals surface area contributed by atoms with Crippen molar-refractivity contribution in [3.8, 4) is 0 Å². The molecule has 2 atom stereocenters. The predicted molar refractivity (Wildman–Crippen MR) is 48.7 cm³/mol. The second-order valence-corrected chi connectivity index (χ2v) is 5.03. The summed E-state index contributed by atoms with van der Waals surface area (Å²) in [6, 6.07) is 1.29. The summed E-state index contributed by atoms with van der Waals surface area (Å²) in [6.07, 6.45) is 1.69. The van der Waals surface area contributed by atoms with E-state index >= 15 is 0 Å². The van der Waals surface area contributed by atoms with Crippen LogP contribution in [0.4, 0.5) is 0 Å². The van der Waals surface area contributed by atoms with Crippen LogP contribution in [-0.2, 0) is 9.53 Å². The van der Waals surface area contributed by atoms with Crippen LogP contribution in [0.25, 0.3) is 0 Å². The average molecular weight is 188 g/mol. The summed E-state index contributed by atoms with van der Waals surface area (Å²) in [7, 11) is 0.132. The molecule has 1 unspecified atom stereocenters. The zero-order chi connectivity index (χ0) is 8.97. The molecular weight excluding hydrogens is 172 g/mol. The Hall–Kier alpha value is -0.353. The normalized spacial score (nSPS) is 30.0. The highest BCUT2D eigenvalue weighted by atomic mass is 28.2. The maximum absolute atomic E-state index is 11.0. The molecule has 0 aromatic rings. The van der Waals surface area contributed by atoms with Gasteiger partial charge in [0.1, 0.15) is 0 Å². The van der Waals surface area contributed by atoms with E-state index in [9.17, 15) is 4.79 Å². The summed E-state index contributed by atoms with van der Waals surface area (Å²) in [5.74, 6) is -0.235. The highest BCUT2D eigenvalue weighted by molar-refractivity contribution is 6.33. The molecule has 1 N–H and O–H groups in total. The lowest BCUT2D eigenvalue weighted by Gasteiger charge is -2.02. The molecule has 12 heavy (non-hydrogen) atoms. The molecular formula is C8H16O3Si. The van der Waals surface area contributed by atoms with E-state index in [1.54, 1.807) is 0 Å². The van der Waals surface area contributed by atoms with Gasteiger partial charge in [0.2, 0.25) is 6.29 Å². The van der Waals surface area contributed by atoms with Gasteiger partial charge < -0.3 is 9.84 Å². The Morgan fingerprint density at radius 1 is 1.75 bits per heavy atom. The van der Waals surface area contributed by atoms with E-state index in [0.717, 1.165) is 12.8 Å². The fraction of sp³-hybridized carbons (Fsp3) is 0.875. The van der Waals surface area contributed by atoms with Gasteiger partial charge in [0.15, 0.2) is 0 Å². The quantitative estimate of drug-likeness (QED) is 0.392. The van der Waals surface area contributed by atoms with Crippen LogP contribution in [0.1, 0.15) is 19.3 Å². The molecule has 0 aliphatic carbocycles. The fourth-order valence-electron chi connectivity index (χ4n) is 1.49. The van der Waals surface area contributed by atoms with Crippen LogP contribution in [0.3, 0.4) is 0 Å². The van der Waals surface area contributed by atoms with E-state index in [4.69, 9.17) is 5.11 Å². The van der Waals surface area contributed by atoms with Crippen LogP contribution in [-0.4, -0.2) is 26.9 Å². The minimum atomic E-state index is -0.832. The van der Waals surface area contributed by atoms with Gasteiger partial charge in [-0.3, -0.25) is 4.79 Å². The average Bonchev–Trinajstić information content (AvgIpc) is 2.31. The number of carbonyl (C=O) groups is 1. The number of rotatable bonds is 4. The highest BCUT2D eigenvalue weighted by Crippen LogP contribution is 2.24. The van der Waals surface area contributed by atoms with Crippen molar-refractivity contribution in [3.05, 3.63) is 0 Å². The van der Waals surface area contributed by atoms with E-state index in [0.29, 0.717) is 6.42 Å². The summed E-state index contributed by atoms with van der Waals surface area (Å²) in [6.45, 7) is 2.27. The molecule has 0 spiro atoms. The van der Waals surface area contributed by atoms with Gasteiger partial charge in [0, 0.05) is 15.9 Å². The van der Waals surface area contributed by atoms with E-state index < -0.39 is 6.29 Å². The molecule has 1 aliphatic heterocycles. The zero-order valence-corrected chi connectivity index (χ0v) is 8.87. The summed E-state index contributed by atoms with van der Waals surface area (Å²) in [4.78, 5) is 11.0. The largest absolute Gasteiger partial charge is 0.436 e. The van der Waals surface area contributed by atoms with Crippen LogP contribution >= 0.6 is 0 Å². The van der Waals surface area contributed by atoms with Gasteiger partial charge in [0.25, 0.3) is 0 Å². The maximum Gasteiger partial charge on any atom is 0.311 e. The summed E-state index contributed by atoms with van der Waals surface area (Å²) >= 11 is 0. The van der Waals surface area contributed by atoms with Gasteiger partial charge in [-0.2, -0.15) is 0 Å². The van der Waals surface area contributed by atoms with Crippen LogP contribution in [0.15, 0.2) is 0 Å². The Kier molecular flexibility index (Phi) is 3.75. The van der Waals surface area contributed by atoms with E-state index in [1.165, 1.54) is 6.04 Å². The molecule has 0 aromatic carbocycles. The minimum Gasteiger partial charge on any atom is -0.436 e. The highest BCUT2D eigenvalue weighted by Gasteiger charge is 2.32. The van der Waals surface area contributed by atoms with Gasteiger partial charge in [-0.15, -0.1) is 0 Å². The first-order valence-corrected chi connectivity index (χ1v) is 7.04. The number of esters is 1. The monoisotopic (exact) mass is 188 g/mol. The molecule has 3 nitrogen and oxygen atoms in total. The van der Waals surface area contributed by atoms with Crippen LogP contribution in [0, 0.1) is 5.92 Å². The number of hydrogen-bond acceptors (Lipinski definition) is 3. The SMILES string of the molecule is C[SiH2]CCCC1C[C@@H](O)OC1=O. The molecule has 1 fully saturated rings. The number of aliphatic hydroxyl groups is 1. The van der Waals surface area contributed by atoms with Crippen LogP contribution in [0.5, 0.6) is 0 Å². The third kappa shape index (κ3) is 2.60. The lowest BCUT2D eigenvalue weighted by Crippen LogP contribution is -2.07. The first kappa shape index (κ1) is 9.73. The molecule has 1 heterocycles. The Bertz CT molecular complexity index is 160.